The van der Waals surface area contributed by atoms with Crippen LogP contribution in [0.1, 0.15) is 90.4 Å². The van der Waals surface area contributed by atoms with Gasteiger partial charge in [0.15, 0.2) is 5.82 Å². The van der Waals surface area contributed by atoms with E-state index in [1.807, 2.05) is 13.0 Å². The standard InChI is InChI=1S/C31H36FN5O/c1-19-34-30-27(32)14-20(15-29(30)36(19)22-7-5-3-4-6-8-22)25-11-12-28-26(25)13-21(16-33-28)31(38)37-23-9-10-24(37)18-35(2)17-23/h11,13-16,22-24H,3-10,12,17-18H2,1-2H3. The lowest BCUT2D eigenvalue weighted by Crippen LogP contribution is -2.54. The largest absolute Gasteiger partial charge is 0.330 e. The second-order valence-corrected chi connectivity index (χ2v) is 11.9. The summed E-state index contributed by atoms with van der Waals surface area (Å²) in [7, 11) is 2.14. The molecule has 1 aromatic carbocycles. The summed E-state index contributed by atoms with van der Waals surface area (Å²) in [5, 5.41) is 0. The Morgan fingerprint density at radius 1 is 0.974 bits per heavy atom. The predicted molar refractivity (Wildman–Crippen MR) is 147 cm³/mol. The molecule has 1 amide bonds. The van der Waals surface area contributed by atoms with Gasteiger partial charge in [0.1, 0.15) is 11.3 Å². The number of fused-ring (bicyclic) bond motifs is 4. The lowest BCUT2D eigenvalue weighted by atomic mass is 9.98. The molecule has 2 saturated heterocycles. The number of rotatable bonds is 3. The van der Waals surface area contributed by atoms with Crippen LogP contribution in [0.15, 0.2) is 30.5 Å². The summed E-state index contributed by atoms with van der Waals surface area (Å²) in [6.45, 7) is 3.86. The zero-order valence-corrected chi connectivity index (χ0v) is 22.4. The highest BCUT2D eigenvalue weighted by Crippen LogP contribution is 2.38. The monoisotopic (exact) mass is 513 g/mol. The summed E-state index contributed by atoms with van der Waals surface area (Å²) in [6.07, 6.45) is 13.9. The first-order valence-corrected chi connectivity index (χ1v) is 14.4. The van der Waals surface area contributed by atoms with Gasteiger partial charge < -0.3 is 14.4 Å². The summed E-state index contributed by atoms with van der Waals surface area (Å²) < 4.78 is 17.8. The first-order valence-electron chi connectivity index (χ1n) is 14.4. The Morgan fingerprint density at radius 2 is 1.71 bits per heavy atom. The van der Waals surface area contributed by atoms with Crippen LogP contribution in [0, 0.1) is 12.7 Å². The van der Waals surface area contributed by atoms with E-state index in [-0.39, 0.29) is 23.8 Å². The van der Waals surface area contributed by atoms with Crippen molar-refractivity contribution >= 4 is 22.5 Å². The van der Waals surface area contributed by atoms with Crippen LogP contribution in [-0.2, 0) is 6.42 Å². The Bertz CT molecular complexity index is 1440. The minimum Gasteiger partial charge on any atom is -0.330 e. The Balaban J connectivity index is 1.25. The number of hydrogen-bond acceptors (Lipinski definition) is 4. The van der Waals surface area contributed by atoms with Crippen molar-refractivity contribution in [3.63, 3.8) is 0 Å². The van der Waals surface area contributed by atoms with E-state index in [1.54, 1.807) is 12.3 Å². The molecule has 4 aliphatic rings. The molecular formula is C31H36FN5O. The van der Waals surface area contributed by atoms with Crippen LogP contribution in [-0.4, -0.2) is 62.5 Å². The van der Waals surface area contributed by atoms with Crippen LogP contribution in [0.2, 0.25) is 0 Å². The van der Waals surface area contributed by atoms with Gasteiger partial charge in [0.25, 0.3) is 5.91 Å². The molecular weight excluding hydrogens is 477 g/mol. The number of likely N-dealkylation sites (tertiary alicyclic amines) is 1. The van der Waals surface area contributed by atoms with E-state index in [2.05, 4.69) is 38.5 Å². The zero-order valence-electron chi connectivity index (χ0n) is 22.4. The van der Waals surface area contributed by atoms with Crippen molar-refractivity contribution < 1.29 is 9.18 Å². The number of piperazine rings is 1. The molecule has 7 rings (SSSR count). The number of pyridine rings is 1. The number of likely N-dealkylation sites (N-methyl/N-ethyl adjacent to an activating group) is 1. The van der Waals surface area contributed by atoms with Crippen molar-refractivity contribution in [3.05, 3.63) is 64.5 Å². The number of imidazole rings is 1. The molecule has 0 radical (unpaired) electrons. The third-order valence-corrected chi connectivity index (χ3v) is 9.33. The van der Waals surface area contributed by atoms with Gasteiger partial charge in [-0.25, -0.2) is 9.37 Å². The number of carbonyl (C=O) groups excluding carboxylic acids is 1. The second kappa shape index (κ2) is 9.30. The fourth-order valence-electron chi connectivity index (χ4n) is 7.58. The first kappa shape index (κ1) is 24.0. The normalized spacial score (nSPS) is 24.1. The summed E-state index contributed by atoms with van der Waals surface area (Å²) >= 11 is 0. The van der Waals surface area contributed by atoms with Gasteiger partial charge >= 0.3 is 0 Å². The van der Waals surface area contributed by atoms with Gasteiger partial charge in [0, 0.05) is 49.4 Å². The van der Waals surface area contributed by atoms with Gasteiger partial charge in [-0.2, -0.15) is 0 Å². The molecule has 2 bridgehead atoms. The fourth-order valence-corrected chi connectivity index (χ4v) is 7.58. The SMILES string of the molecule is Cc1nc2c(F)cc(C3=CCc4ncc(C(=O)N5C6CCC5CN(C)C6)cc43)cc2n1C1CCCCCC1. The molecule has 6 nitrogen and oxygen atoms in total. The van der Waals surface area contributed by atoms with Crippen molar-refractivity contribution in [1.82, 2.24) is 24.3 Å². The van der Waals surface area contributed by atoms with E-state index in [0.717, 1.165) is 72.5 Å². The first-order chi connectivity index (χ1) is 18.5. The minimum absolute atomic E-state index is 0.0795. The number of hydrogen-bond donors (Lipinski definition) is 0. The average Bonchev–Trinajstić information content (AvgIpc) is 3.47. The van der Waals surface area contributed by atoms with Crippen LogP contribution < -0.4 is 0 Å². The number of halogens is 1. The Labute approximate surface area is 223 Å². The van der Waals surface area contributed by atoms with Crippen LogP contribution in [0.25, 0.3) is 16.6 Å². The second-order valence-electron chi connectivity index (χ2n) is 11.9. The molecule has 7 heteroatoms. The van der Waals surface area contributed by atoms with E-state index in [4.69, 9.17) is 4.98 Å². The molecule has 4 heterocycles. The topological polar surface area (TPSA) is 54.3 Å². The minimum atomic E-state index is -0.281. The molecule has 2 aliphatic heterocycles. The van der Waals surface area contributed by atoms with Gasteiger partial charge in [-0.15, -0.1) is 0 Å². The van der Waals surface area contributed by atoms with Crippen LogP contribution in [0.3, 0.4) is 0 Å². The zero-order chi connectivity index (χ0) is 26.0. The van der Waals surface area contributed by atoms with Crippen LogP contribution in [0.4, 0.5) is 4.39 Å². The summed E-state index contributed by atoms with van der Waals surface area (Å²) in [6, 6.07) is 6.64. The smallest absolute Gasteiger partial charge is 0.256 e. The number of amides is 1. The van der Waals surface area contributed by atoms with Gasteiger partial charge in [0.2, 0.25) is 0 Å². The van der Waals surface area contributed by atoms with Crippen molar-refractivity contribution in [1.29, 1.82) is 0 Å². The van der Waals surface area contributed by atoms with Crippen molar-refractivity contribution in [2.24, 2.45) is 0 Å². The average molecular weight is 514 g/mol. The van der Waals surface area contributed by atoms with Gasteiger partial charge in [-0.1, -0.05) is 31.8 Å². The van der Waals surface area contributed by atoms with E-state index in [1.165, 1.54) is 25.7 Å². The number of carbonyl (C=O) groups is 1. The third kappa shape index (κ3) is 3.89. The third-order valence-electron chi connectivity index (χ3n) is 9.33. The van der Waals surface area contributed by atoms with E-state index in [9.17, 15) is 4.79 Å². The van der Waals surface area contributed by atoms with E-state index < -0.39 is 0 Å². The molecule has 1 saturated carbocycles. The van der Waals surface area contributed by atoms with Crippen molar-refractivity contribution in [2.45, 2.75) is 82.8 Å². The fraction of sp³-hybridized carbons (Fsp3) is 0.516. The maximum absolute atomic E-state index is 15.5. The number of benzene rings is 1. The number of nitrogens with zero attached hydrogens (tertiary/aromatic N) is 5. The maximum Gasteiger partial charge on any atom is 0.256 e. The molecule has 2 atom stereocenters. The Morgan fingerprint density at radius 3 is 2.45 bits per heavy atom. The van der Waals surface area contributed by atoms with Gasteiger partial charge in [0.05, 0.1) is 16.8 Å². The highest BCUT2D eigenvalue weighted by atomic mass is 19.1. The van der Waals surface area contributed by atoms with Gasteiger partial charge in [-0.3, -0.25) is 9.78 Å². The molecule has 2 aromatic heterocycles. The van der Waals surface area contributed by atoms with Crippen molar-refractivity contribution in [3.8, 4) is 0 Å². The Hall–Kier alpha value is -3.06. The van der Waals surface area contributed by atoms with E-state index in [0.29, 0.717) is 23.5 Å². The predicted octanol–water partition coefficient (Wildman–Crippen LogP) is 5.68. The van der Waals surface area contributed by atoms with Crippen molar-refractivity contribution in [2.75, 3.05) is 20.1 Å². The summed E-state index contributed by atoms with van der Waals surface area (Å²) in [5.41, 5.74) is 5.69. The lowest BCUT2D eigenvalue weighted by molar-refractivity contribution is 0.0472. The molecule has 3 fully saturated rings. The van der Waals surface area contributed by atoms with Crippen LogP contribution in [0.5, 0.6) is 0 Å². The van der Waals surface area contributed by atoms with Gasteiger partial charge in [-0.05, 0) is 69.0 Å². The van der Waals surface area contributed by atoms with E-state index >= 15 is 4.39 Å². The highest BCUT2D eigenvalue weighted by molar-refractivity contribution is 5.97. The molecule has 2 aliphatic carbocycles. The Kier molecular flexibility index (Phi) is 5.87. The number of aryl methyl sites for hydroxylation is 1. The molecule has 0 N–H and O–H groups in total. The number of aromatic nitrogens is 3. The summed E-state index contributed by atoms with van der Waals surface area (Å²) in [4.78, 5) is 27.5. The van der Waals surface area contributed by atoms with Crippen LogP contribution >= 0.6 is 0 Å². The molecule has 3 aromatic rings. The number of allylic oxidation sites excluding steroid dienone is 1. The summed E-state index contributed by atoms with van der Waals surface area (Å²) in [5.74, 6) is 0.687. The quantitative estimate of drug-likeness (QED) is 0.423. The molecule has 2 unspecified atom stereocenters. The lowest BCUT2D eigenvalue weighted by Gasteiger charge is -2.39. The molecule has 198 valence electrons. The molecule has 0 spiro atoms. The maximum atomic E-state index is 15.5. The molecule has 38 heavy (non-hydrogen) atoms. The highest BCUT2D eigenvalue weighted by Gasteiger charge is 2.42.